The summed E-state index contributed by atoms with van der Waals surface area (Å²) in [6.45, 7) is 6.82. The van der Waals surface area contributed by atoms with Crippen LogP contribution in [0.5, 0.6) is 0 Å². The summed E-state index contributed by atoms with van der Waals surface area (Å²) in [7, 11) is 0. The molecule has 3 heterocycles. The molecular weight excluding hydrogens is 352 g/mol. The van der Waals surface area contributed by atoms with E-state index in [1.807, 2.05) is 0 Å². The van der Waals surface area contributed by atoms with Gasteiger partial charge in [0.1, 0.15) is 12.7 Å². The molecule has 1 aromatic heterocycles. The molecule has 1 atom stereocenters. The van der Waals surface area contributed by atoms with Crippen LogP contribution in [0.2, 0.25) is 0 Å². The number of nitrogens with zero attached hydrogens (tertiary/aromatic N) is 6. The Hall–Kier alpha value is -2.41. The zero-order chi connectivity index (χ0) is 19.2. The number of aromatic nitrogens is 3. The Labute approximate surface area is 166 Å². The Balaban J connectivity index is 1.23. The molecule has 2 fully saturated rings. The van der Waals surface area contributed by atoms with Gasteiger partial charge in [-0.25, -0.2) is 4.98 Å². The molecule has 0 N–H and O–H groups in total. The van der Waals surface area contributed by atoms with Crippen LogP contribution < -0.4 is 4.90 Å². The number of amides is 1. The Morgan fingerprint density at radius 1 is 1.07 bits per heavy atom. The number of anilines is 1. The fraction of sp³-hybridized carbons (Fsp3) is 0.571. The third kappa shape index (κ3) is 4.70. The maximum Gasteiger partial charge on any atom is 0.222 e. The second-order valence-electron chi connectivity index (χ2n) is 7.76. The highest BCUT2D eigenvalue weighted by Gasteiger charge is 2.29. The van der Waals surface area contributed by atoms with E-state index in [2.05, 4.69) is 55.1 Å². The topological polar surface area (TPSA) is 57.5 Å². The quantitative estimate of drug-likeness (QED) is 0.763. The third-order valence-corrected chi connectivity index (χ3v) is 5.95. The molecule has 0 bridgehead atoms. The lowest BCUT2D eigenvalue weighted by molar-refractivity contribution is -0.133. The first-order valence-corrected chi connectivity index (χ1v) is 10.4. The van der Waals surface area contributed by atoms with E-state index in [1.165, 1.54) is 18.4 Å². The van der Waals surface area contributed by atoms with Crippen LogP contribution in [-0.4, -0.2) is 75.8 Å². The lowest BCUT2D eigenvalue weighted by Gasteiger charge is -2.44. The van der Waals surface area contributed by atoms with Crippen molar-refractivity contribution in [2.45, 2.75) is 38.3 Å². The number of piperidine rings is 1. The van der Waals surface area contributed by atoms with Gasteiger partial charge >= 0.3 is 0 Å². The molecule has 0 radical (unpaired) electrons. The maximum atomic E-state index is 12.6. The third-order valence-electron chi connectivity index (χ3n) is 5.95. The van der Waals surface area contributed by atoms with E-state index in [1.54, 1.807) is 11.0 Å². The van der Waals surface area contributed by atoms with Gasteiger partial charge < -0.3 is 9.80 Å². The highest BCUT2D eigenvalue weighted by molar-refractivity contribution is 5.76. The van der Waals surface area contributed by atoms with Crippen LogP contribution in [0.15, 0.2) is 43.0 Å². The SMILES string of the molecule is O=C(CCCn1cncn1)N1CCC[C@H](N2CCN(c3ccccc3)CC2)C1. The average Bonchev–Trinajstić information content (AvgIpc) is 3.28. The van der Waals surface area contributed by atoms with Crippen LogP contribution in [0.1, 0.15) is 25.7 Å². The van der Waals surface area contributed by atoms with Crippen molar-refractivity contribution in [2.24, 2.45) is 0 Å². The minimum absolute atomic E-state index is 0.285. The Morgan fingerprint density at radius 3 is 2.64 bits per heavy atom. The van der Waals surface area contributed by atoms with Gasteiger partial charge in [0.05, 0.1) is 0 Å². The average molecular weight is 383 g/mol. The molecule has 28 heavy (non-hydrogen) atoms. The monoisotopic (exact) mass is 382 g/mol. The molecule has 0 saturated carbocycles. The van der Waals surface area contributed by atoms with Crippen LogP contribution in [0, 0.1) is 0 Å². The molecule has 4 rings (SSSR count). The standard InChI is InChI=1S/C21H30N6O/c28-21(9-5-11-27-18-22-17-23-27)26-10-4-8-20(16-26)25-14-12-24(13-15-25)19-6-2-1-3-7-19/h1-3,6-7,17-18,20H,4-5,8-16H2/t20-/m0/s1. The Kier molecular flexibility index (Phi) is 6.21. The van der Waals surface area contributed by atoms with Gasteiger partial charge in [0.15, 0.2) is 0 Å². The van der Waals surface area contributed by atoms with E-state index in [-0.39, 0.29) is 5.91 Å². The molecule has 7 nitrogen and oxygen atoms in total. The smallest absolute Gasteiger partial charge is 0.222 e. The summed E-state index contributed by atoms with van der Waals surface area (Å²) in [5.41, 5.74) is 1.31. The first-order valence-electron chi connectivity index (χ1n) is 10.4. The van der Waals surface area contributed by atoms with Crippen LogP contribution in [0.25, 0.3) is 0 Å². The van der Waals surface area contributed by atoms with Crippen molar-refractivity contribution in [2.75, 3.05) is 44.2 Å². The summed E-state index contributed by atoms with van der Waals surface area (Å²) >= 11 is 0. The number of piperazine rings is 1. The van der Waals surface area contributed by atoms with Gasteiger partial charge in [0.25, 0.3) is 0 Å². The van der Waals surface area contributed by atoms with Crippen LogP contribution >= 0.6 is 0 Å². The zero-order valence-corrected chi connectivity index (χ0v) is 16.5. The predicted molar refractivity (Wildman–Crippen MR) is 109 cm³/mol. The van der Waals surface area contributed by atoms with Crippen molar-refractivity contribution in [1.82, 2.24) is 24.6 Å². The van der Waals surface area contributed by atoms with Crippen LogP contribution in [0.3, 0.4) is 0 Å². The summed E-state index contributed by atoms with van der Waals surface area (Å²) in [6.07, 6.45) is 6.96. The van der Waals surface area contributed by atoms with E-state index >= 15 is 0 Å². The van der Waals surface area contributed by atoms with Gasteiger partial charge in [-0.3, -0.25) is 14.4 Å². The lowest BCUT2D eigenvalue weighted by atomic mass is 10.0. The molecule has 0 aliphatic carbocycles. The number of hydrogen-bond acceptors (Lipinski definition) is 5. The second kappa shape index (κ2) is 9.19. The molecule has 0 spiro atoms. The molecule has 2 aromatic rings. The molecule has 1 amide bonds. The van der Waals surface area contributed by atoms with E-state index in [4.69, 9.17) is 0 Å². The summed E-state index contributed by atoms with van der Waals surface area (Å²) < 4.78 is 1.79. The van der Waals surface area contributed by atoms with Gasteiger partial charge in [-0.2, -0.15) is 5.10 Å². The zero-order valence-electron chi connectivity index (χ0n) is 16.5. The predicted octanol–water partition coefficient (Wildman–Crippen LogP) is 1.87. The van der Waals surface area contributed by atoms with Crippen molar-refractivity contribution >= 4 is 11.6 Å². The summed E-state index contributed by atoms with van der Waals surface area (Å²) in [5.74, 6) is 0.285. The largest absolute Gasteiger partial charge is 0.369 e. The minimum Gasteiger partial charge on any atom is -0.369 e. The van der Waals surface area contributed by atoms with E-state index < -0.39 is 0 Å². The second-order valence-corrected chi connectivity index (χ2v) is 7.76. The van der Waals surface area contributed by atoms with Gasteiger partial charge in [-0.15, -0.1) is 0 Å². The van der Waals surface area contributed by atoms with Crippen molar-refractivity contribution in [3.8, 4) is 0 Å². The minimum atomic E-state index is 0.285. The molecule has 2 aliphatic heterocycles. The van der Waals surface area contributed by atoms with Crippen molar-refractivity contribution < 1.29 is 4.79 Å². The molecule has 0 unspecified atom stereocenters. The highest BCUT2D eigenvalue weighted by Crippen LogP contribution is 2.21. The number of likely N-dealkylation sites (tertiary alicyclic amines) is 1. The first kappa shape index (κ1) is 18.9. The number of rotatable bonds is 6. The van der Waals surface area contributed by atoms with Crippen molar-refractivity contribution in [3.05, 3.63) is 43.0 Å². The molecule has 7 heteroatoms. The lowest BCUT2D eigenvalue weighted by Crippen LogP contribution is -2.55. The summed E-state index contributed by atoms with van der Waals surface area (Å²) in [6, 6.07) is 11.2. The van der Waals surface area contributed by atoms with E-state index in [0.29, 0.717) is 12.5 Å². The van der Waals surface area contributed by atoms with Crippen molar-refractivity contribution in [1.29, 1.82) is 0 Å². The fourth-order valence-electron chi connectivity index (χ4n) is 4.36. The van der Waals surface area contributed by atoms with Gasteiger partial charge in [0.2, 0.25) is 5.91 Å². The highest BCUT2D eigenvalue weighted by atomic mass is 16.2. The van der Waals surface area contributed by atoms with Crippen molar-refractivity contribution in [3.63, 3.8) is 0 Å². The Bertz CT molecular complexity index is 727. The molecule has 150 valence electrons. The van der Waals surface area contributed by atoms with E-state index in [9.17, 15) is 4.79 Å². The number of hydrogen-bond donors (Lipinski definition) is 0. The number of carbonyl (C=O) groups excluding carboxylic acids is 1. The first-order chi connectivity index (χ1) is 13.8. The molecule has 2 saturated heterocycles. The summed E-state index contributed by atoms with van der Waals surface area (Å²) in [4.78, 5) is 23.7. The molecule has 2 aliphatic rings. The summed E-state index contributed by atoms with van der Waals surface area (Å²) in [5, 5.41) is 4.10. The molecule has 1 aromatic carbocycles. The maximum absolute atomic E-state index is 12.6. The fourth-order valence-corrected chi connectivity index (χ4v) is 4.36. The Morgan fingerprint density at radius 2 is 1.89 bits per heavy atom. The normalized spacial score (nSPS) is 21.1. The van der Waals surface area contributed by atoms with Gasteiger partial charge in [0, 0.05) is 64.0 Å². The number of carbonyl (C=O) groups is 1. The molecular formula is C21H30N6O. The number of aryl methyl sites for hydroxylation is 1. The van der Waals surface area contributed by atoms with Crippen LogP contribution in [-0.2, 0) is 11.3 Å². The number of benzene rings is 1. The van der Waals surface area contributed by atoms with Gasteiger partial charge in [-0.1, -0.05) is 18.2 Å². The van der Waals surface area contributed by atoms with E-state index in [0.717, 1.165) is 58.7 Å². The van der Waals surface area contributed by atoms with Gasteiger partial charge in [-0.05, 0) is 31.4 Å². The number of para-hydroxylation sites is 1. The van der Waals surface area contributed by atoms with Crippen LogP contribution in [0.4, 0.5) is 5.69 Å².